The maximum atomic E-state index is 9.17. The van der Waals surface area contributed by atoms with E-state index in [1.54, 1.807) is 6.21 Å². The zero-order valence-electron chi connectivity index (χ0n) is 10.9. The van der Waals surface area contributed by atoms with Gasteiger partial charge >= 0.3 is 0 Å². The van der Waals surface area contributed by atoms with Crippen LogP contribution in [0, 0.1) is 22.7 Å². The van der Waals surface area contributed by atoms with Gasteiger partial charge in [0.05, 0.1) is 11.4 Å². The first-order valence-corrected chi connectivity index (χ1v) is 8.26. The summed E-state index contributed by atoms with van der Waals surface area (Å²) in [5.41, 5.74) is 0.0681. The predicted octanol–water partition coefficient (Wildman–Crippen LogP) is 3.98. The molecule has 22 heavy (non-hydrogen) atoms. The van der Waals surface area contributed by atoms with Gasteiger partial charge in [0.15, 0.2) is 15.9 Å². The van der Waals surface area contributed by atoms with E-state index in [2.05, 4.69) is 15.3 Å². The van der Waals surface area contributed by atoms with Crippen LogP contribution in [0.4, 0.5) is 0 Å². The lowest BCUT2D eigenvalue weighted by atomic mass is 10.3. The normalized spacial score (nSPS) is 11.8. The van der Waals surface area contributed by atoms with Gasteiger partial charge in [-0.05, 0) is 11.4 Å². The summed E-state index contributed by atoms with van der Waals surface area (Å²) in [7, 11) is 0. The number of thiazole rings is 1. The van der Waals surface area contributed by atoms with Crippen molar-refractivity contribution in [3.8, 4) is 12.1 Å². The molecule has 2 aromatic heterocycles. The van der Waals surface area contributed by atoms with Gasteiger partial charge in [-0.2, -0.15) is 10.5 Å². The Bertz CT molecular complexity index is 793. The van der Waals surface area contributed by atoms with Gasteiger partial charge in [0.2, 0.25) is 0 Å². The Hall–Kier alpha value is -1.90. The predicted molar refractivity (Wildman–Crippen MR) is 89.1 cm³/mol. The zero-order valence-corrected chi connectivity index (χ0v) is 14.0. The average Bonchev–Trinajstić information content (AvgIpc) is 3.12. The second kappa shape index (κ2) is 7.92. The molecule has 9 heteroatoms. The van der Waals surface area contributed by atoms with E-state index in [9.17, 15) is 5.26 Å². The number of nitrogens with zero attached hydrogens (tertiary/aromatic N) is 4. The van der Waals surface area contributed by atoms with E-state index in [-0.39, 0.29) is 23.1 Å². The minimum absolute atomic E-state index is 0.00244. The van der Waals surface area contributed by atoms with Crippen LogP contribution >= 0.6 is 45.9 Å². The van der Waals surface area contributed by atoms with Crippen molar-refractivity contribution in [2.75, 3.05) is 0 Å². The van der Waals surface area contributed by atoms with Gasteiger partial charge in [-0.25, -0.2) is 9.98 Å². The van der Waals surface area contributed by atoms with Gasteiger partial charge in [-0.15, -0.1) is 22.7 Å². The van der Waals surface area contributed by atoms with Gasteiger partial charge in [-0.1, -0.05) is 29.3 Å². The monoisotopic (exact) mass is 367 g/mol. The Morgan fingerprint density at radius 2 is 2.23 bits per heavy atom. The van der Waals surface area contributed by atoms with Gasteiger partial charge in [0, 0.05) is 11.1 Å². The molecule has 0 saturated carbocycles. The molecule has 110 valence electrons. The molecule has 0 atom stereocenters. The highest BCUT2D eigenvalue weighted by atomic mass is 35.5. The molecule has 2 aromatic rings. The summed E-state index contributed by atoms with van der Waals surface area (Å²) in [6.07, 6.45) is 1.54. The highest BCUT2D eigenvalue weighted by molar-refractivity contribution is 7.16. The number of nitrogens with one attached hydrogen (secondary N) is 1. The van der Waals surface area contributed by atoms with E-state index in [0.717, 1.165) is 4.88 Å². The summed E-state index contributed by atoms with van der Waals surface area (Å²) in [5.74, 6) is 0. The smallest absolute Gasteiger partial charge is 0.185 e. The largest absolute Gasteiger partial charge is 0.369 e. The summed E-state index contributed by atoms with van der Waals surface area (Å²) < 4.78 is 0.320. The van der Waals surface area contributed by atoms with Crippen molar-refractivity contribution < 1.29 is 0 Å². The van der Waals surface area contributed by atoms with Crippen molar-refractivity contribution in [1.29, 1.82) is 10.5 Å². The van der Waals surface area contributed by atoms with Gasteiger partial charge in [0.1, 0.15) is 17.3 Å². The van der Waals surface area contributed by atoms with Crippen LogP contribution in [0.5, 0.6) is 0 Å². The Morgan fingerprint density at radius 1 is 1.41 bits per heavy atom. The zero-order chi connectivity index (χ0) is 15.9. The van der Waals surface area contributed by atoms with Crippen LogP contribution in [0.25, 0.3) is 0 Å². The van der Waals surface area contributed by atoms with E-state index in [4.69, 9.17) is 28.5 Å². The third-order valence-corrected chi connectivity index (χ3v) is 4.76. The molecule has 0 aliphatic rings. The third-order valence-electron chi connectivity index (χ3n) is 2.37. The van der Waals surface area contributed by atoms with E-state index in [0.29, 0.717) is 9.34 Å². The Balaban J connectivity index is 2.15. The topological polar surface area (TPSA) is 84.9 Å². The first kappa shape index (κ1) is 16.5. The number of hydrogen-bond acceptors (Lipinski definition) is 7. The fourth-order valence-electron chi connectivity index (χ4n) is 1.40. The number of halogens is 2. The molecular formula is C13H7Cl2N5S2. The summed E-state index contributed by atoms with van der Waals surface area (Å²) in [4.78, 5) is 9.48. The number of thiophene rings is 1. The van der Waals surface area contributed by atoms with E-state index < -0.39 is 0 Å². The molecule has 0 unspecified atom stereocenters. The molecule has 0 radical (unpaired) electrons. The summed E-state index contributed by atoms with van der Waals surface area (Å²) in [5, 5.41) is 23.3. The third kappa shape index (κ3) is 4.30. The van der Waals surface area contributed by atoms with Crippen molar-refractivity contribution in [2.24, 2.45) is 4.99 Å². The van der Waals surface area contributed by atoms with Crippen LogP contribution in [-0.4, -0.2) is 11.2 Å². The van der Waals surface area contributed by atoms with Crippen LogP contribution in [-0.2, 0) is 6.54 Å². The van der Waals surface area contributed by atoms with Crippen molar-refractivity contribution in [3.05, 3.63) is 48.3 Å². The molecular weight excluding hydrogens is 361 g/mol. The second-order valence-electron chi connectivity index (χ2n) is 3.76. The molecule has 0 aliphatic heterocycles. The first-order valence-electron chi connectivity index (χ1n) is 5.80. The highest BCUT2D eigenvalue weighted by Gasteiger charge is 2.10. The van der Waals surface area contributed by atoms with Gasteiger partial charge < -0.3 is 5.32 Å². The lowest BCUT2D eigenvalue weighted by molar-refractivity contribution is 0.839. The fraction of sp³-hybridized carbons (Fsp3) is 0.0769. The minimum atomic E-state index is 0.00244. The Morgan fingerprint density at radius 3 is 2.77 bits per heavy atom. The summed E-state index contributed by atoms with van der Waals surface area (Å²) >= 11 is 14.3. The van der Waals surface area contributed by atoms with Crippen molar-refractivity contribution in [2.45, 2.75) is 6.54 Å². The van der Waals surface area contributed by atoms with Crippen molar-refractivity contribution in [1.82, 2.24) is 10.3 Å². The first-order chi connectivity index (χ1) is 10.6. The number of aromatic nitrogens is 1. The molecule has 0 aromatic carbocycles. The Kier molecular flexibility index (Phi) is 5.93. The summed E-state index contributed by atoms with van der Waals surface area (Å²) in [6, 6.07) is 7.56. The maximum Gasteiger partial charge on any atom is 0.185 e. The van der Waals surface area contributed by atoms with Gasteiger partial charge in [0.25, 0.3) is 0 Å². The van der Waals surface area contributed by atoms with Crippen LogP contribution in [0.2, 0.25) is 9.62 Å². The molecule has 1 N–H and O–H groups in total. The lowest BCUT2D eigenvalue weighted by Gasteiger charge is -2.03. The highest BCUT2D eigenvalue weighted by Crippen LogP contribution is 2.26. The Labute approximate surface area is 144 Å². The number of aliphatic imine (C=N–C) groups is 1. The SMILES string of the molecule is N#C/C(N=Cc1cccs1)=C(\C#N)NCc1sc(Cl)nc1Cl. The van der Waals surface area contributed by atoms with E-state index in [1.165, 1.54) is 22.7 Å². The standard InChI is InChI=1S/C13H7Cl2N5S2/c14-12-11(22-13(15)20-12)7-19-10(5-17)9(4-16)18-6-8-2-1-3-21-8/h1-3,6,19H,7H2/b10-9-,18-6?. The molecule has 0 saturated heterocycles. The van der Waals surface area contributed by atoms with E-state index in [1.807, 2.05) is 29.7 Å². The number of nitriles is 2. The van der Waals surface area contributed by atoms with Crippen molar-refractivity contribution >= 4 is 52.1 Å². The van der Waals surface area contributed by atoms with Crippen LogP contribution in [0.15, 0.2) is 33.9 Å². The van der Waals surface area contributed by atoms with Crippen LogP contribution in [0.1, 0.15) is 9.75 Å². The van der Waals surface area contributed by atoms with Crippen LogP contribution in [0.3, 0.4) is 0 Å². The van der Waals surface area contributed by atoms with E-state index >= 15 is 0 Å². The maximum absolute atomic E-state index is 9.17. The summed E-state index contributed by atoms with van der Waals surface area (Å²) in [6.45, 7) is 0.242. The molecule has 0 spiro atoms. The van der Waals surface area contributed by atoms with Crippen molar-refractivity contribution in [3.63, 3.8) is 0 Å². The lowest BCUT2D eigenvalue weighted by Crippen LogP contribution is -2.12. The fourth-order valence-corrected chi connectivity index (χ4v) is 3.33. The minimum Gasteiger partial charge on any atom is -0.369 e. The molecule has 0 bridgehead atoms. The van der Waals surface area contributed by atoms with Gasteiger partial charge in [-0.3, -0.25) is 0 Å². The molecule has 0 amide bonds. The number of rotatable bonds is 5. The molecule has 5 nitrogen and oxygen atoms in total. The molecule has 2 heterocycles. The molecule has 2 rings (SSSR count). The van der Waals surface area contributed by atoms with Crippen LogP contribution < -0.4 is 5.32 Å². The molecule has 0 aliphatic carbocycles. The second-order valence-corrected chi connectivity index (χ2v) is 6.76. The molecule has 0 fully saturated rings. The number of hydrogen-bond donors (Lipinski definition) is 1. The average molecular weight is 368 g/mol. The number of allylic oxidation sites excluding steroid dienone is 2. The quantitative estimate of drug-likeness (QED) is 0.639.